The van der Waals surface area contributed by atoms with Crippen LogP contribution in [0.5, 0.6) is 0 Å². The van der Waals surface area contributed by atoms with Crippen molar-refractivity contribution >= 4 is 27.5 Å². The van der Waals surface area contributed by atoms with E-state index < -0.39 is 0 Å². The summed E-state index contributed by atoms with van der Waals surface area (Å²) in [5.41, 5.74) is 7.47. The van der Waals surface area contributed by atoms with Gasteiger partial charge in [0, 0.05) is 23.3 Å². The number of nitrogens with two attached hydrogens (primary N) is 1. The Hall–Kier alpha value is -0.840. The molecule has 2 rings (SSSR count). The molecule has 0 spiro atoms. The molecule has 0 aliphatic rings. The molecule has 15 heavy (non-hydrogen) atoms. The van der Waals surface area contributed by atoms with Crippen LogP contribution in [0.2, 0.25) is 5.02 Å². The fourth-order valence-corrected chi connectivity index (χ4v) is 1.93. The summed E-state index contributed by atoms with van der Waals surface area (Å²) in [6, 6.07) is 5.64. The molecule has 2 N–H and O–H groups in total. The minimum absolute atomic E-state index is 0.395. The zero-order valence-corrected chi connectivity index (χ0v) is 10.2. The van der Waals surface area contributed by atoms with Crippen molar-refractivity contribution in [1.29, 1.82) is 0 Å². The molecular formula is C10H9BrClN3. The fourth-order valence-electron chi connectivity index (χ4n) is 1.40. The van der Waals surface area contributed by atoms with Crippen LogP contribution in [-0.2, 0) is 6.54 Å². The Morgan fingerprint density at radius 2 is 2.27 bits per heavy atom. The monoisotopic (exact) mass is 285 g/mol. The highest BCUT2D eigenvalue weighted by Crippen LogP contribution is 2.23. The number of rotatable bonds is 2. The van der Waals surface area contributed by atoms with Gasteiger partial charge >= 0.3 is 0 Å². The maximum atomic E-state index is 6.05. The standard InChI is InChI=1S/C10H9BrClN3/c11-7-5-14-15(6-7)10-3-1-2-9(12)8(10)4-13/h1-3,5-6H,4,13H2. The first-order chi connectivity index (χ1) is 7.22. The van der Waals surface area contributed by atoms with E-state index in [0.717, 1.165) is 15.7 Å². The van der Waals surface area contributed by atoms with E-state index in [1.54, 1.807) is 10.9 Å². The maximum Gasteiger partial charge on any atom is 0.0705 e. The van der Waals surface area contributed by atoms with Gasteiger partial charge in [0.2, 0.25) is 0 Å². The lowest BCUT2D eigenvalue weighted by atomic mass is 10.2. The van der Waals surface area contributed by atoms with Gasteiger partial charge in [-0.05, 0) is 28.1 Å². The normalized spacial score (nSPS) is 10.6. The van der Waals surface area contributed by atoms with Crippen molar-refractivity contribution in [2.75, 3.05) is 0 Å². The van der Waals surface area contributed by atoms with Crippen LogP contribution in [0.15, 0.2) is 35.1 Å². The number of hydrogen-bond donors (Lipinski definition) is 1. The van der Waals surface area contributed by atoms with Crippen molar-refractivity contribution in [3.05, 3.63) is 45.7 Å². The van der Waals surface area contributed by atoms with Gasteiger partial charge in [-0.25, -0.2) is 4.68 Å². The van der Waals surface area contributed by atoms with Crippen LogP contribution in [0.4, 0.5) is 0 Å². The number of halogens is 2. The van der Waals surface area contributed by atoms with E-state index in [1.807, 2.05) is 24.4 Å². The minimum atomic E-state index is 0.395. The molecular weight excluding hydrogens is 277 g/mol. The first-order valence-corrected chi connectivity index (χ1v) is 5.57. The summed E-state index contributed by atoms with van der Waals surface area (Å²) < 4.78 is 2.67. The van der Waals surface area contributed by atoms with Crippen LogP contribution in [0, 0.1) is 0 Å². The molecule has 0 aliphatic heterocycles. The van der Waals surface area contributed by atoms with Crippen molar-refractivity contribution in [3.8, 4) is 5.69 Å². The van der Waals surface area contributed by atoms with E-state index >= 15 is 0 Å². The van der Waals surface area contributed by atoms with Crippen LogP contribution in [0.1, 0.15) is 5.56 Å². The van der Waals surface area contributed by atoms with Crippen molar-refractivity contribution in [3.63, 3.8) is 0 Å². The third-order valence-electron chi connectivity index (χ3n) is 2.10. The van der Waals surface area contributed by atoms with E-state index in [0.29, 0.717) is 11.6 Å². The SMILES string of the molecule is NCc1c(Cl)cccc1-n1cc(Br)cn1. The Morgan fingerprint density at radius 1 is 1.47 bits per heavy atom. The molecule has 0 atom stereocenters. The summed E-state index contributed by atoms with van der Waals surface area (Å²) in [6.07, 6.45) is 3.59. The highest BCUT2D eigenvalue weighted by atomic mass is 79.9. The van der Waals surface area contributed by atoms with Crippen molar-refractivity contribution in [2.45, 2.75) is 6.54 Å². The van der Waals surface area contributed by atoms with Gasteiger partial charge in [-0.15, -0.1) is 0 Å². The zero-order valence-electron chi connectivity index (χ0n) is 7.82. The Kier molecular flexibility index (Phi) is 3.09. The molecule has 0 radical (unpaired) electrons. The molecule has 0 aliphatic carbocycles. The molecule has 0 amide bonds. The van der Waals surface area contributed by atoms with Crippen molar-refractivity contribution < 1.29 is 0 Å². The quantitative estimate of drug-likeness (QED) is 0.922. The molecule has 2 aromatic rings. The Morgan fingerprint density at radius 3 is 2.87 bits per heavy atom. The van der Waals surface area contributed by atoms with E-state index in [1.165, 1.54) is 0 Å². The minimum Gasteiger partial charge on any atom is -0.326 e. The third kappa shape index (κ3) is 2.07. The molecule has 1 aromatic heterocycles. The van der Waals surface area contributed by atoms with Gasteiger partial charge in [0.1, 0.15) is 0 Å². The van der Waals surface area contributed by atoms with Gasteiger partial charge in [0.15, 0.2) is 0 Å². The summed E-state index contributed by atoms with van der Waals surface area (Å²) in [5, 5.41) is 4.86. The topological polar surface area (TPSA) is 43.8 Å². The Balaban J connectivity index is 2.57. The molecule has 0 saturated heterocycles. The van der Waals surface area contributed by atoms with E-state index in [9.17, 15) is 0 Å². The van der Waals surface area contributed by atoms with Crippen LogP contribution in [0.25, 0.3) is 5.69 Å². The molecule has 0 fully saturated rings. The van der Waals surface area contributed by atoms with Crippen LogP contribution < -0.4 is 5.73 Å². The average Bonchev–Trinajstić information content (AvgIpc) is 2.64. The smallest absolute Gasteiger partial charge is 0.0705 e. The van der Waals surface area contributed by atoms with Crippen molar-refractivity contribution in [1.82, 2.24) is 9.78 Å². The highest BCUT2D eigenvalue weighted by Gasteiger charge is 2.07. The fraction of sp³-hybridized carbons (Fsp3) is 0.100. The Bertz CT molecular complexity index is 481. The van der Waals surface area contributed by atoms with Crippen LogP contribution in [-0.4, -0.2) is 9.78 Å². The maximum absolute atomic E-state index is 6.05. The second-order valence-electron chi connectivity index (χ2n) is 3.04. The summed E-state index contributed by atoms with van der Waals surface area (Å²) in [5.74, 6) is 0. The number of hydrogen-bond acceptors (Lipinski definition) is 2. The molecule has 1 heterocycles. The predicted molar refractivity (Wildman–Crippen MR) is 64.2 cm³/mol. The number of benzene rings is 1. The van der Waals surface area contributed by atoms with Gasteiger partial charge in [0.05, 0.1) is 16.4 Å². The summed E-state index contributed by atoms with van der Waals surface area (Å²) in [4.78, 5) is 0. The lowest BCUT2D eigenvalue weighted by Gasteiger charge is -2.08. The highest BCUT2D eigenvalue weighted by molar-refractivity contribution is 9.10. The predicted octanol–water partition coefficient (Wildman–Crippen LogP) is 2.75. The van der Waals surface area contributed by atoms with E-state index in [-0.39, 0.29) is 0 Å². The second-order valence-corrected chi connectivity index (χ2v) is 4.37. The summed E-state index contributed by atoms with van der Waals surface area (Å²) >= 11 is 9.40. The van der Waals surface area contributed by atoms with Gasteiger partial charge in [-0.1, -0.05) is 17.7 Å². The second kappa shape index (κ2) is 4.35. The molecule has 5 heteroatoms. The lowest BCUT2D eigenvalue weighted by Crippen LogP contribution is -2.05. The van der Waals surface area contributed by atoms with Gasteiger partial charge < -0.3 is 5.73 Å². The lowest BCUT2D eigenvalue weighted by molar-refractivity contribution is 0.858. The third-order valence-corrected chi connectivity index (χ3v) is 2.86. The zero-order chi connectivity index (χ0) is 10.8. The number of aromatic nitrogens is 2. The van der Waals surface area contributed by atoms with Gasteiger partial charge in [0.25, 0.3) is 0 Å². The average molecular weight is 287 g/mol. The van der Waals surface area contributed by atoms with Crippen LogP contribution >= 0.6 is 27.5 Å². The molecule has 0 unspecified atom stereocenters. The van der Waals surface area contributed by atoms with Gasteiger partial charge in [-0.2, -0.15) is 5.10 Å². The van der Waals surface area contributed by atoms with Crippen molar-refractivity contribution in [2.24, 2.45) is 5.73 Å². The van der Waals surface area contributed by atoms with Crippen LogP contribution in [0.3, 0.4) is 0 Å². The molecule has 0 saturated carbocycles. The molecule has 0 bridgehead atoms. The first kappa shape index (κ1) is 10.7. The molecule has 3 nitrogen and oxygen atoms in total. The summed E-state index contributed by atoms with van der Waals surface area (Å²) in [7, 11) is 0. The first-order valence-electron chi connectivity index (χ1n) is 4.40. The Labute approximate surface area is 101 Å². The molecule has 1 aromatic carbocycles. The van der Waals surface area contributed by atoms with E-state index in [2.05, 4.69) is 21.0 Å². The number of nitrogens with zero attached hydrogens (tertiary/aromatic N) is 2. The largest absolute Gasteiger partial charge is 0.326 e. The summed E-state index contributed by atoms with van der Waals surface area (Å²) in [6.45, 7) is 0.395. The van der Waals surface area contributed by atoms with E-state index in [4.69, 9.17) is 17.3 Å². The van der Waals surface area contributed by atoms with Gasteiger partial charge in [-0.3, -0.25) is 0 Å². The molecule has 78 valence electrons.